The average molecular weight is 372 g/mol. The van der Waals surface area contributed by atoms with Crippen LogP contribution in [0.3, 0.4) is 0 Å². The molecule has 1 fully saturated rings. The largest absolute Gasteiger partial charge is 0.410 e. The predicted molar refractivity (Wildman–Crippen MR) is 93.0 cm³/mol. The molecule has 8 heteroatoms. The maximum Gasteiger partial charge on any atom is 0.410 e. The smallest absolute Gasteiger partial charge is 0.368 e. The number of alkyl halides is 3. The van der Waals surface area contributed by atoms with Crippen LogP contribution in [0.25, 0.3) is 0 Å². The Morgan fingerprint density at radius 1 is 1.23 bits per heavy atom. The van der Waals surface area contributed by atoms with Gasteiger partial charge in [0.05, 0.1) is 5.69 Å². The summed E-state index contributed by atoms with van der Waals surface area (Å²) in [6, 6.07) is -0.0738. The van der Waals surface area contributed by atoms with Crippen LogP contribution in [0.1, 0.15) is 64.6 Å². The second-order valence-corrected chi connectivity index (χ2v) is 8.55. The van der Waals surface area contributed by atoms with Gasteiger partial charge in [-0.25, -0.2) is 4.68 Å². The second kappa shape index (κ2) is 6.46. The van der Waals surface area contributed by atoms with E-state index in [1.807, 2.05) is 25.7 Å². The monoisotopic (exact) mass is 372 g/mol. The number of carbonyl (C=O) groups is 1. The maximum absolute atomic E-state index is 13.4. The Morgan fingerprint density at radius 3 is 2.38 bits per heavy atom. The molecule has 0 bridgehead atoms. The Morgan fingerprint density at radius 2 is 1.85 bits per heavy atom. The van der Waals surface area contributed by atoms with Crippen LogP contribution in [0.4, 0.5) is 19.0 Å². The summed E-state index contributed by atoms with van der Waals surface area (Å²) in [6.45, 7) is 8.69. The quantitative estimate of drug-likeness (QED) is 0.812. The number of carbonyl (C=O) groups excluding carboxylic acids is 1. The molecule has 0 saturated carbocycles. The first-order valence-electron chi connectivity index (χ1n) is 9.19. The number of aromatic nitrogens is 2. The van der Waals surface area contributed by atoms with E-state index < -0.39 is 17.6 Å². The molecule has 1 saturated heterocycles. The first-order valence-corrected chi connectivity index (χ1v) is 9.19. The Labute approximate surface area is 151 Å². The van der Waals surface area contributed by atoms with Crippen LogP contribution in [0, 0.1) is 5.41 Å². The molecule has 0 aliphatic carbocycles. The van der Waals surface area contributed by atoms with Gasteiger partial charge in [-0.15, -0.1) is 0 Å². The Hall–Kier alpha value is -1.73. The third-order valence-electron chi connectivity index (χ3n) is 5.24. The minimum Gasteiger partial charge on any atom is -0.368 e. The fourth-order valence-corrected chi connectivity index (χ4v) is 3.83. The van der Waals surface area contributed by atoms with E-state index in [1.54, 1.807) is 13.0 Å². The minimum absolute atomic E-state index is 0.0177. The molecule has 5 nitrogen and oxygen atoms in total. The molecule has 2 aliphatic rings. The van der Waals surface area contributed by atoms with Crippen LogP contribution >= 0.6 is 0 Å². The van der Waals surface area contributed by atoms with Crippen molar-refractivity contribution in [2.75, 3.05) is 18.4 Å². The lowest BCUT2D eigenvalue weighted by Crippen LogP contribution is -2.43. The van der Waals surface area contributed by atoms with Gasteiger partial charge in [0.2, 0.25) is 5.91 Å². The van der Waals surface area contributed by atoms with Crippen molar-refractivity contribution in [3.05, 3.63) is 11.8 Å². The Bertz CT molecular complexity index is 669. The van der Waals surface area contributed by atoms with Crippen LogP contribution in [0.2, 0.25) is 0 Å². The SMILES string of the molecule is C[C@@H]1C[C@H](C(F)(F)F)n2nc(C3CCN(C(=O)C(C)(C)C)CC3)cc2N1. The molecule has 1 amide bonds. The molecule has 0 spiro atoms. The van der Waals surface area contributed by atoms with E-state index in [1.165, 1.54) is 0 Å². The number of nitrogens with one attached hydrogen (secondary N) is 1. The zero-order valence-electron chi connectivity index (χ0n) is 15.7. The van der Waals surface area contributed by atoms with E-state index in [4.69, 9.17) is 0 Å². The number of rotatable bonds is 1. The van der Waals surface area contributed by atoms with Crippen LogP contribution < -0.4 is 5.32 Å². The number of piperidine rings is 1. The average Bonchev–Trinajstić information content (AvgIpc) is 2.95. The summed E-state index contributed by atoms with van der Waals surface area (Å²) in [5.41, 5.74) is 0.277. The van der Waals surface area contributed by atoms with Crippen molar-refractivity contribution in [3.8, 4) is 0 Å². The van der Waals surface area contributed by atoms with Crippen molar-refractivity contribution in [2.24, 2.45) is 5.41 Å². The van der Waals surface area contributed by atoms with Crippen molar-refractivity contribution in [3.63, 3.8) is 0 Å². The summed E-state index contributed by atoms with van der Waals surface area (Å²) in [5, 5.41) is 7.41. The molecule has 1 aromatic heterocycles. The lowest BCUT2D eigenvalue weighted by atomic mass is 9.90. The summed E-state index contributed by atoms with van der Waals surface area (Å²) in [6.07, 6.45) is -2.87. The maximum atomic E-state index is 13.4. The third kappa shape index (κ3) is 3.69. The highest BCUT2D eigenvalue weighted by Crippen LogP contribution is 2.41. The molecule has 0 unspecified atom stereocenters. The van der Waals surface area contributed by atoms with E-state index >= 15 is 0 Å². The highest BCUT2D eigenvalue weighted by Gasteiger charge is 2.46. The summed E-state index contributed by atoms with van der Waals surface area (Å²) in [5.74, 6) is 0.644. The fraction of sp³-hybridized carbons (Fsp3) is 0.778. The number of fused-ring (bicyclic) bond motifs is 1. The van der Waals surface area contributed by atoms with Gasteiger partial charge in [0.25, 0.3) is 0 Å². The first-order chi connectivity index (χ1) is 12.0. The fourth-order valence-electron chi connectivity index (χ4n) is 3.83. The molecule has 26 heavy (non-hydrogen) atoms. The molecule has 0 aromatic carbocycles. The molecule has 1 N–H and O–H groups in total. The number of anilines is 1. The van der Waals surface area contributed by atoms with Gasteiger partial charge in [0.15, 0.2) is 6.04 Å². The van der Waals surface area contributed by atoms with Gasteiger partial charge < -0.3 is 10.2 Å². The van der Waals surface area contributed by atoms with Crippen LogP contribution in [-0.4, -0.2) is 45.9 Å². The zero-order valence-corrected chi connectivity index (χ0v) is 15.7. The van der Waals surface area contributed by atoms with Gasteiger partial charge in [-0.3, -0.25) is 4.79 Å². The van der Waals surface area contributed by atoms with E-state index in [0.717, 1.165) is 17.5 Å². The number of likely N-dealkylation sites (tertiary alicyclic amines) is 1. The van der Waals surface area contributed by atoms with E-state index in [-0.39, 0.29) is 24.3 Å². The van der Waals surface area contributed by atoms with Gasteiger partial charge in [-0.05, 0) is 26.2 Å². The highest BCUT2D eigenvalue weighted by molar-refractivity contribution is 5.81. The standard InChI is InChI=1S/C18H27F3N4O/c1-11-9-14(18(19,20)21)25-15(22-11)10-13(23-25)12-5-7-24(8-6-12)16(26)17(2,3)4/h10-12,14,22H,5-9H2,1-4H3/t11-,14-/m1/s1. The van der Waals surface area contributed by atoms with Gasteiger partial charge in [-0.1, -0.05) is 20.8 Å². The van der Waals surface area contributed by atoms with E-state index in [0.29, 0.717) is 24.6 Å². The molecular formula is C18H27F3N4O. The van der Waals surface area contributed by atoms with Gasteiger partial charge >= 0.3 is 6.18 Å². The Kier molecular flexibility index (Phi) is 4.73. The minimum atomic E-state index is -4.31. The van der Waals surface area contributed by atoms with Crippen molar-refractivity contribution < 1.29 is 18.0 Å². The lowest BCUT2D eigenvalue weighted by molar-refractivity contribution is -0.173. The molecule has 3 rings (SSSR count). The molecule has 146 valence electrons. The van der Waals surface area contributed by atoms with Gasteiger partial charge in [0.1, 0.15) is 5.82 Å². The van der Waals surface area contributed by atoms with Crippen molar-refractivity contribution in [2.45, 2.75) is 71.1 Å². The molecule has 2 atom stereocenters. The molecular weight excluding hydrogens is 345 g/mol. The number of amides is 1. The Balaban J connectivity index is 1.74. The normalized spacial score (nSPS) is 25.0. The lowest BCUT2D eigenvalue weighted by Gasteiger charge is -2.35. The molecule has 3 heterocycles. The summed E-state index contributed by atoms with van der Waals surface area (Å²) < 4.78 is 41.2. The zero-order chi connectivity index (χ0) is 19.3. The van der Waals surface area contributed by atoms with Crippen molar-refractivity contribution >= 4 is 11.7 Å². The summed E-state index contributed by atoms with van der Waals surface area (Å²) in [4.78, 5) is 14.2. The van der Waals surface area contributed by atoms with E-state index in [9.17, 15) is 18.0 Å². The number of hydrogen-bond donors (Lipinski definition) is 1. The van der Waals surface area contributed by atoms with Gasteiger partial charge in [-0.2, -0.15) is 18.3 Å². The summed E-state index contributed by atoms with van der Waals surface area (Å²) in [7, 11) is 0. The second-order valence-electron chi connectivity index (χ2n) is 8.55. The molecule has 0 radical (unpaired) electrons. The molecule has 1 aromatic rings. The predicted octanol–water partition coefficient (Wildman–Crippen LogP) is 3.94. The van der Waals surface area contributed by atoms with Crippen molar-refractivity contribution in [1.82, 2.24) is 14.7 Å². The number of nitrogens with zero attached hydrogens (tertiary/aromatic N) is 3. The van der Waals surface area contributed by atoms with E-state index in [2.05, 4.69) is 10.4 Å². The number of hydrogen-bond acceptors (Lipinski definition) is 3. The summed E-state index contributed by atoms with van der Waals surface area (Å²) >= 11 is 0. The highest BCUT2D eigenvalue weighted by atomic mass is 19.4. The first kappa shape index (κ1) is 19.0. The van der Waals surface area contributed by atoms with Crippen LogP contribution in [-0.2, 0) is 4.79 Å². The third-order valence-corrected chi connectivity index (χ3v) is 5.24. The topological polar surface area (TPSA) is 50.2 Å². The molecule has 2 aliphatic heterocycles. The van der Waals surface area contributed by atoms with Crippen LogP contribution in [0.15, 0.2) is 6.07 Å². The van der Waals surface area contributed by atoms with Crippen molar-refractivity contribution in [1.29, 1.82) is 0 Å². The van der Waals surface area contributed by atoms with Gasteiger partial charge in [0, 0.05) is 36.5 Å². The number of halogens is 3. The van der Waals surface area contributed by atoms with Crippen LogP contribution in [0.5, 0.6) is 0 Å².